The number of hydrogen-bond donors (Lipinski definition) is 0. The van der Waals surface area contributed by atoms with Crippen molar-refractivity contribution in [2.45, 2.75) is 19.3 Å². The van der Waals surface area contributed by atoms with Gasteiger partial charge < -0.3 is 4.57 Å². The second kappa shape index (κ2) is 9.36. The lowest BCUT2D eigenvalue weighted by Gasteiger charge is -2.22. The number of para-hydroxylation sites is 1. The Hall–Kier alpha value is -6.46. The molecule has 236 valence electrons. The van der Waals surface area contributed by atoms with Crippen molar-refractivity contribution < 1.29 is 0 Å². The van der Waals surface area contributed by atoms with Gasteiger partial charge in [-0.25, -0.2) is 4.52 Å². The highest BCUT2D eigenvalue weighted by atomic mass is 16.2. The predicted octanol–water partition coefficient (Wildman–Crippen LogP) is 9.73. The Balaban J connectivity index is 1.06. The van der Waals surface area contributed by atoms with E-state index in [4.69, 9.17) is 0 Å². The molecule has 50 heavy (non-hydrogen) atoms. The SMILES string of the molecule is CC1(C)c2ccccc2-c2ccc3c(c21)c1ccccc1n3-c1ccc(-c2ccc3c(c2)c(=O)n2c(=O)c4cc5ccccc5cc4n32)cc1. The molecule has 10 aromatic rings. The number of aromatic nitrogens is 3. The predicted molar refractivity (Wildman–Crippen MR) is 204 cm³/mol. The second-order valence-electron chi connectivity index (χ2n) is 14.1. The van der Waals surface area contributed by atoms with Gasteiger partial charge in [-0.1, -0.05) is 105 Å². The maximum absolute atomic E-state index is 13.8. The molecule has 0 fully saturated rings. The zero-order valence-corrected chi connectivity index (χ0v) is 27.4. The molecule has 0 spiro atoms. The van der Waals surface area contributed by atoms with Gasteiger partial charge in [0.15, 0.2) is 0 Å². The van der Waals surface area contributed by atoms with Crippen LogP contribution in [0.2, 0.25) is 0 Å². The average Bonchev–Trinajstić information content (AvgIpc) is 3.81. The average molecular weight is 644 g/mol. The lowest BCUT2D eigenvalue weighted by molar-refractivity contribution is 0.666. The van der Waals surface area contributed by atoms with Crippen LogP contribution in [-0.4, -0.2) is 13.6 Å². The zero-order chi connectivity index (χ0) is 33.5. The van der Waals surface area contributed by atoms with Gasteiger partial charge in [-0.2, -0.15) is 4.52 Å². The van der Waals surface area contributed by atoms with E-state index in [9.17, 15) is 9.59 Å². The van der Waals surface area contributed by atoms with Gasteiger partial charge in [0.05, 0.1) is 32.8 Å². The largest absolute Gasteiger partial charge is 0.309 e. The minimum atomic E-state index is -0.299. The normalized spacial score (nSPS) is 13.7. The lowest BCUT2D eigenvalue weighted by atomic mass is 9.80. The molecule has 7 aromatic carbocycles. The van der Waals surface area contributed by atoms with Gasteiger partial charge in [0, 0.05) is 21.9 Å². The topological polar surface area (TPSA) is 47.9 Å². The zero-order valence-electron chi connectivity index (χ0n) is 27.4. The molecule has 0 radical (unpaired) electrons. The highest BCUT2D eigenvalue weighted by Gasteiger charge is 2.38. The van der Waals surface area contributed by atoms with Crippen LogP contribution in [0.15, 0.2) is 149 Å². The summed E-state index contributed by atoms with van der Waals surface area (Å²) in [5.74, 6) is 0. The maximum atomic E-state index is 13.8. The van der Waals surface area contributed by atoms with Gasteiger partial charge in [0.25, 0.3) is 11.1 Å². The van der Waals surface area contributed by atoms with Crippen LogP contribution in [0, 0.1) is 0 Å². The number of rotatable bonds is 2. The van der Waals surface area contributed by atoms with Gasteiger partial charge in [0.1, 0.15) is 0 Å². The molecule has 0 saturated heterocycles. The van der Waals surface area contributed by atoms with E-state index in [1.54, 1.807) is 4.52 Å². The highest BCUT2D eigenvalue weighted by molar-refractivity contribution is 6.14. The molecule has 5 heteroatoms. The minimum Gasteiger partial charge on any atom is -0.309 e. The van der Waals surface area contributed by atoms with Gasteiger partial charge in [-0.15, -0.1) is 0 Å². The van der Waals surface area contributed by atoms with Gasteiger partial charge >= 0.3 is 0 Å². The van der Waals surface area contributed by atoms with E-state index in [0.717, 1.165) is 38.6 Å². The van der Waals surface area contributed by atoms with E-state index >= 15 is 0 Å². The van der Waals surface area contributed by atoms with Gasteiger partial charge in [0.2, 0.25) is 0 Å². The molecular formula is C45H29N3O2. The molecule has 1 aliphatic carbocycles. The van der Waals surface area contributed by atoms with E-state index in [0.29, 0.717) is 10.8 Å². The Labute approximate surface area is 285 Å². The Bertz CT molecular complexity index is 3210. The molecule has 3 heterocycles. The lowest BCUT2D eigenvalue weighted by Crippen LogP contribution is -2.21. The molecule has 0 N–H and O–H groups in total. The van der Waals surface area contributed by atoms with Crippen molar-refractivity contribution in [3.8, 4) is 27.9 Å². The van der Waals surface area contributed by atoms with Crippen LogP contribution in [0.5, 0.6) is 0 Å². The summed E-state index contributed by atoms with van der Waals surface area (Å²) in [6.45, 7) is 4.69. The third-order valence-electron chi connectivity index (χ3n) is 11.2. The van der Waals surface area contributed by atoms with Crippen molar-refractivity contribution in [2.24, 2.45) is 0 Å². The van der Waals surface area contributed by atoms with Crippen molar-refractivity contribution >= 4 is 54.4 Å². The summed E-state index contributed by atoms with van der Waals surface area (Å²) in [7, 11) is 0. The number of fused-ring (bicyclic) bond motifs is 13. The van der Waals surface area contributed by atoms with Crippen molar-refractivity contribution in [3.05, 3.63) is 171 Å². The summed E-state index contributed by atoms with van der Waals surface area (Å²) >= 11 is 0. The molecule has 0 bridgehead atoms. The summed E-state index contributed by atoms with van der Waals surface area (Å²) in [5, 5.41) is 5.64. The highest BCUT2D eigenvalue weighted by Crippen LogP contribution is 2.53. The van der Waals surface area contributed by atoms with Gasteiger partial charge in [-0.05, 0) is 92.7 Å². The summed E-state index contributed by atoms with van der Waals surface area (Å²) in [6.07, 6.45) is 0. The fourth-order valence-electron chi connectivity index (χ4n) is 8.91. The fourth-order valence-corrected chi connectivity index (χ4v) is 8.91. The van der Waals surface area contributed by atoms with E-state index < -0.39 is 0 Å². The first kappa shape index (κ1) is 27.5. The Kier molecular flexibility index (Phi) is 5.15. The van der Waals surface area contributed by atoms with Crippen molar-refractivity contribution in [1.82, 2.24) is 13.6 Å². The number of benzene rings is 7. The van der Waals surface area contributed by atoms with E-state index in [2.05, 4.69) is 103 Å². The summed E-state index contributed by atoms with van der Waals surface area (Å²) < 4.78 is 5.42. The van der Waals surface area contributed by atoms with Crippen LogP contribution in [0.25, 0.3) is 82.3 Å². The van der Waals surface area contributed by atoms with E-state index in [1.165, 1.54) is 48.6 Å². The van der Waals surface area contributed by atoms with Crippen molar-refractivity contribution in [3.63, 3.8) is 0 Å². The Morgan fingerprint density at radius 3 is 1.96 bits per heavy atom. The first-order chi connectivity index (χ1) is 24.4. The quantitative estimate of drug-likeness (QED) is 0.188. The van der Waals surface area contributed by atoms with Crippen LogP contribution in [0.3, 0.4) is 0 Å². The number of hydrogen-bond acceptors (Lipinski definition) is 2. The van der Waals surface area contributed by atoms with Crippen molar-refractivity contribution in [1.29, 1.82) is 0 Å². The summed E-state index contributed by atoms with van der Waals surface area (Å²) in [5.41, 5.74) is 11.5. The molecule has 11 rings (SSSR count). The molecule has 3 aromatic heterocycles. The van der Waals surface area contributed by atoms with Crippen LogP contribution < -0.4 is 11.1 Å². The van der Waals surface area contributed by atoms with Crippen LogP contribution >= 0.6 is 0 Å². The maximum Gasteiger partial charge on any atom is 0.282 e. The Morgan fingerprint density at radius 1 is 0.480 bits per heavy atom. The molecule has 0 aliphatic heterocycles. The smallest absolute Gasteiger partial charge is 0.282 e. The summed E-state index contributed by atoms with van der Waals surface area (Å²) in [6, 6.07) is 48.4. The van der Waals surface area contributed by atoms with E-state index in [-0.39, 0.29) is 16.5 Å². The molecule has 0 amide bonds. The first-order valence-corrected chi connectivity index (χ1v) is 17.0. The first-order valence-electron chi connectivity index (χ1n) is 17.0. The standard InChI is InChI=1S/C45H29N3O2/c1-45(2)36-13-7-5-11-31(36)32-20-22-39-41(42(32)45)33-12-6-8-14-37(33)46(39)30-18-15-26(16-19-30)29-17-21-38-34(24-29)43(49)48-44(50)35-23-27-9-3-4-10-28(27)25-40(35)47(38)48/h3-25H,1-2H3. The third kappa shape index (κ3) is 3.36. The summed E-state index contributed by atoms with van der Waals surface area (Å²) in [4.78, 5) is 27.3. The number of nitrogens with zero attached hydrogens (tertiary/aromatic N) is 3. The van der Waals surface area contributed by atoms with Crippen LogP contribution in [-0.2, 0) is 5.41 Å². The fraction of sp³-hybridized carbons (Fsp3) is 0.0667. The van der Waals surface area contributed by atoms with Crippen LogP contribution in [0.1, 0.15) is 25.0 Å². The van der Waals surface area contributed by atoms with Crippen LogP contribution in [0.4, 0.5) is 0 Å². The van der Waals surface area contributed by atoms with Crippen molar-refractivity contribution in [2.75, 3.05) is 0 Å². The molecular weight excluding hydrogens is 615 g/mol. The molecule has 0 saturated carbocycles. The Morgan fingerprint density at radius 2 is 1.14 bits per heavy atom. The molecule has 1 aliphatic rings. The molecule has 5 nitrogen and oxygen atoms in total. The second-order valence-corrected chi connectivity index (χ2v) is 14.1. The molecule has 0 unspecified atom stereocenters. The molecule has 0 atom stereocenters. The monoisotopic (exact) mass is 643 g/mol. The third-order valence-corrected chi connectivity index (χ3v) is 11.2. The van der Waals surface area contributed by atoms with Gasteiger partial charge in [-0.3, -0.25) is 9.59 Å². The minimum absolute atomic E-state index is 0.124. The van der Waals surface area contributed by atoms with E-state index in [1.807, 2.05) is 54.6 Å².